The summed E-state index contributed by atoms with van der Waals surface area (Å²) in [6.45, 7) is 8.12. The molecule has 0 aromatic carbocycles. The van der Waals surface area contributed by atoms with E-state index in [0.29, 0.717) is 17.3 Å². The zero-order chi connectivity index (χ0) is 12.0. The van der Waals surface area contributed by atoms with E-state index in [0.717, 1.165) is 6.42 Å². The summed E-state index contributed by atoms with van der Waals surface area (Å²) in [4.78, 5) is 12.0. The highest BCUT2D eigenvalue weighted by atomic mass is 32.1. The lowest BCUT2D eigenvalue weighted by molar-refractivity contribution is -0.122. The van der Waals surface area contributed by atoms with Gasteiger partial charge in [-0.3, -0.25) is 4.79 Å². The Morgan fingerprint density at radius 2 is 1.93 bits per heavy atom. The fourth-order valence-corrected chi connectivity index (χ4v) is 1.59. The van der Waals surface area contributed by atoms with Crippen molar-refractivity contribution in [1.29, 1.82) is 0 Å². The largest absolute Gasteiger partial charge is 0.392 e. The van der Waals surface area contributed by atoms with Crippen molar-refractivity contribution in [1.82, 2.24) is 5.32 Å². The Kier molecular flexibility index (Phi) is 6.48. The number of thiocarbonyl (C=S) groups is 1. The standard InChI is InChI=1S/C11H22N2OS/c1-5-8(4)6-9(14)13-10(7(2)3)11(12)15/h7-8,10H,5-6H2,1-4H3,(H2,12,15)(H,13,14). The van der Waals surface area contributed by atoms with Crippen LogP contribution in [0.1, 0.15) is 40.5 Å². The number of nitrogens with one attached hydrogen (secondary N) is 1. The minimum atomic E-state index is -0.184. The van der Waals surface area contributed by atoms with Gasteiger partial charge < -0.3 is 11.1 Å². The Labute approximate surface area is 97.8 Å². The normalized spacial score (nSPS) is 14.7. The molecule has 0 rings (SSSR count). The average Bonchev–Trinajstić information content (AvgIpc) is 2.12. The fraction of sp³-hybridized carbons (Fsp3) is 0.818. The molecule has 0 aromatic rings. The van der Waals surface area contributed by atoms with E-state index in [4.69, 9.17) is 18.0 Å². The Morgan fingerprint density at radius 1 is 1.40 bits per heavy atom. The summed E-state index contributed by atoms with van der Waals surface area (Å²) < 4.78 is 0. The van der Waals surface area contributed by atoms with Crippen molar-refractivity contribution in [3.63, 3.8) is 0 Å². The van der Waals surface area contributed by atoms with Gasteiger partial charge in [-0.2, -0.15) is 0 Å². The predicted octanol–water partition coefficient (Wildman–Crippen LogP) is 1.85. The average molecular weight is 230 g/mol. The molecule has 0 radical (unpaired) electrons. The molecule has 88 valence electrons. The molecule has 1 amide bonds. The predicted molar refractivity (Wildman–Crippen MR) is 67.6 cm³/mol. The highest BCUT2D eigenvalue weighted by molar-refractivity contribution is 7.80. The lowest BCUT2D eigenvalue weighted by Gasteiger charge is -2.21. The molecule has 3 N–H and O–H groups in total. The van der Waals surface area contributed by atoms with E-state index in [1.807, 2.05) is 13.8 Å². The molecule has 0 heterocycles. The molecule has 0 saturated carbocycles. The van der Waals surface area contributed by atoms with Crippen LogP contribution >= 0.6 is 12.2 Å². The van der Waals surface area contributed by atoms with Crippen molar-refractivity contribution >= 4 is 23.1 Å². The molecule has 0 fully saturated rings. The van der Waals surface area contributed by atoms with Gasteiger partial charge in [0.05, 0.1) is 11.0 Å². The van der Waals surface area contributed by atoms with Crippen molar-refractivity contribution in [3.8, 4) is 0 Å². The van der Waals surface area contributed by atoms with Crippen molar-refractivity contribution in [2.75, 3.05) is 0 Å². The van der Waals surface area contributed by atoms with Crippen LogP contribution in [0.5, 0.6) is 0 Å². The first kappa shape index (κ1) is 14.4. The molecule has 2 atom stereocenters. The third-order valence-corrected chi connectivity index (χ3v) is 2.77. The molecule has 0 spiro atoms. The zero-order valence-electron chi connectivity index (χ0n) is 10.0. The number of nitrogens with two attached hydrogens (primary N) is 1. The summed E-state index contributed by atoms with van der Waals surface area (Å²) in [5.74, 6) is 0.684. The maximum atomic E-state index is 11.6. The van der Waals surface area contributed by atoms with Gasteiger partial charge in [0.25, 0.3) is 0 Å². The quantitative estimate of drug-likeness (QED) is 0.685. The van der Waals surface area contributed by atoms with E-state index in [-0.39, 0.29) is 17.9 Å². The minimum absolute atomic E-state index is 0.0378. The molecule has 3 nitrogen and oxygen atoms in total. The smallest absolute Gasteiger partial charge is 0.220 e. The van der Waals surface area contributed by atoms with Crippen LogP contribution in [0.4, 0.5) is 0 Å². The van der Waals surface area contributed by atoms with E-state index >= 15 is 0 Å². The molecule has 0 aliphatic heterocycles. The van der Waals surface area contributed by atoms with Crippen molar-refractivity contribution in [2.45, 2.75) is 46.6 Å². The van der Waals surface area contributed by atoms with Gasteiger partial charge in [-0.05, 0) is 11.8 Å². The zero-order valence-corrected chi connectivity index (χ0v) is 10.9. The van der Waals surface area contributed by atoms with Crippen LogP contribution in [0.25, 0.3) is 0 Å². The summed E-state index contributed by atoms with van der Waals surface area (Å²) in [5.41, 5.74) is 5.57. The lowest BCUT2D eigenvalue weighted by atomic mass is 10.0. The summed E-state index contributed by atoms with van der Waals surface area (Å²) in [6.07, 6.45) is 1.55. The Morgan fingerprint density at radius 3 is 2.27 bits per heavy atom. The highest BCUT2D eigenvalue weighted by Crippen LogP contribution is 2.08. The van der Waals surface area contributed by atoms with Crippen LogP contribution in [0.15, 0.2) is 0 Å². The van der Waals surface area contributed by atoms with E-state index in [1.54, 1.807) is 0 Å². The highest BCUT2D eigenvalue weighted by Gasteiger charge is 2.19. The lowest BCUT2D eigenvalue weighted by Crippen LogP contribution is -2.47. The summed E-state index contributed by atoms with van der Waals surface area (Å²) in [5, 5.41) is 2.88. The first-order chi connectivity index (χ1) is 6.88. The molecule has 4 heteroatoms. The van der Waals surface area contributed by atoms with Crippen molar-refractivity contribution in [3.05, 3.63) is 0 Å². The van der Waals surface area contributed by atoms with Gasteiger partial charge in [-0.25, -0.2) is 0 Å². The summed E-state index contributed by atoms with van der Waals surface area (Å²) >= 11 is 4.92. The van der Waals surface area contributed by atoms with Crippen molar-refractivity contribution in [2.24, 2.45) is 17.6 Å². The number of hydrogen-bond donors (Lipinski definition) is 2. The second kappa shape index (κ2) is 6.77. The molecule has 15 heavy (non-hydrogen) atoms. The molecule has 0 aromatic heterocycles. The van der Waals surface area contributed by atoms with E-state index < -0.39 is 0 Å². The van der Waals surface area contributed by atoms with Crippen LogP contribution in [0.2, 0.25) is 0 Å². The van der Waals surface area contributed by atoms with Crippen LogP contribution in [-0.2, 0) is 4.79 Å². The van der Waals surface area contributed by atoms with Crippen LogP contribution < -0.4 is 11.1 Å². The van der Waals surface area contributed by atoms with Crippen molar-refractivity contribution < 1.29 is 4.79 Å². The molecule has 2 unspecified atom stereocenters. The van der Waals surface area contributed by atoms with Gasteiger partial charge in [0.15, 0.2) is 0 Å². The van der Waals surface area contributed by atoms with Gasteiger partial charge in [0.2, 0.25) is 5.91 Å². The monoisotopic (exact) mass is 230 g/mol. The molecule has 0 bridgehead atoms. The maximum Gasteiger partial charge on any atom is 0.220 e. The molecule has 0 aliphatic carbocycles. The van der Waals surface area contributed by atoms with Crippen LogP contribution in [-0.4, -0.2) is 16.9 Å². The molecule has 0 aliphatic rings. The SMILES string of the molecule is CCC(C)CC(=O)NC(C(N)=S)C(C)C. The first-order valence-corrected chi connectivity index (χ1v) is 5.88. The maximum absolute atomic E-state index is 11.6. The number of carbonyl (C=O) groups excluding carboxylic acids is 1. The van der Waals surface area contributed by atoms with Crippen LogP contribution in [0, 0.1) is 11.8 Å². The topological polar surface area (TPSA) is 55.1 Å². The molecular formula is C11H22N2OS. The first-order valence-electron chi connectivity index (χ1n) is 5.47. The van der Waals surface area contributed by atoms with Crippen LogP contribution in [0.3, 0.4) is 0 Å². The fourth-order valence-electron chi connectivity index (χ4n) is 1.26. The second-order valence-corrected chi connectivity index (χ2v) is 4.88. The third-order valence-electron chi connectivity index (χ3n) is 2.52. The molecular weight excluding hydrogens is 208 g/mol. The van der Waals surface area contributed by atoms with Gasteiger partial charge in [0, 0.05) is 6.42 Å². The Hall–Kier alpha value is -0.640. The number of hydrogen-bond acceptors (Lipinski definition) is 2. The summed E-state index contributed by atoms with van der Waals surface area (Å²) in [6, 6.07) is -0.184. The van der Waals surface area contributed by atoms with E-state index in [9.17, 15) is 4.79 Å². The van der Waals surface area contributed by atoms with E-state index in [1.165, 1.54) is 0 Å². The number of rotatable bonds is 6. The molecule has 0 saturated heterocycles. The number of amides is 1. The Balaban J connectivity index is 4.18. The van der Waals surface area contributed by atoms with Gasteiger partial charge in [0.1, 0.15) is 0 Å². The summed E-state index contributed by atoms with van der Waals surface area (Å²) in [7, 11) is 0. The number of carbonyl (C=O) groups is 1. The van der Waals surface area contributed by atoms with Gasteiger partial charge in [-0.15, -0.1) is 0 Å². The van der Waals surface area contributed by atoms with Gasteiger partial charge in [-0.1, -0.05) is 46.3 Å². The van der Waals surface area contributed by atoms with E-state index in [2.05, 4.69) is 19.2 Å². The third kappa shape index (κ3) is 5.72. The minimum Gasteiger partial charge on any atom is -0.392 e. The van der Waals surface area contributed by atoms with Gasteiger partial charge >= 0.3 is 0 Å². The second-order valence-electron chi connectivity index (χ2n) is 4.41. The Bertz CT molecular complexity index is 229.